The van der Waals surface area contributed by atoms with Crippen LogP contribution in [0.25, 0.3) is 0 Å². The number of amidine groups is 1. The van der Waals surface area contributed by atoms with Crippen LogP contribution in [-0.2, 0) is 0 Å². The van der Waals surface area contributed by atoms with Crippen molar-refractivity contribution in [2.45, 2.75) is 6.04 Å². The van der Waals surface area contributed by atoms with Crippen LogP contribution in [0.3, 0.4) is 0 Å². The minimum atomic E-state index is -0.368. The number of carbonyl (C=O) groups is 1. The fourth-order valence-corrected chi connectivity index (χ4v) is 2.61. The molecular formula is C7H6BrN3OS. The first-order valence-corrected chi connectivity index (χ1v) is 5.22. The Bertz CT molecular complexity index is 387. The lowest BCUT2D eigenvalue weighted by Gasteiger charge is -2.06. The normalized spacial score (nSPS) is 21.5. The fourth-order valence-electron chi connectivity index (χ4n) is 1.11. The first-order chi connectivity index (χ1) is 6.16. The second-order valence-corrected chi connectivity index (χ2v) is 4.44. The van der Waals surface area contributed by atoms with Gasteiger partial charge in [-0.1, -0.05) is 0 Å². The van der Waals surface area contributed by atoms with Gasteiger partial charge in [-0.2, -0.15) is 4.99 Å². The van der Waals surface area contributed by atoms with Crippen LogP contribution in [0, 0.1) is 0 Å². The van der Waals surface area contributed by atoms with E-state index in [1.54, 1.807) is 0 Å². The van der Waals surface area contributed by atoms with Gasteiger partial charge in [-0.15, -0.1) is 11.3 Å². The molecule has 4 nitrogen and oxygen atoms in total. The zero-order valence-electron chi connectivity index (χ0n) is 6.45. The predicted octanol–water partition coefficient (Wildman–Crippen LogP) is 1.63. The van der Waals surface area contributed by atoms with Gasteiger partial charge in [-0.05, 0) is 22.0 Å². The number of hydrogen-bond acceptors (Lipinski definition) is 3. The van der Waals surface area contributed by atoms with Crippen molar-refractivity contribution in [3.05, 3.63) is 20.8 Å². The molecule has 1 aliphatic heterocycles. The molecule has 1 unspecified atom stereocenters. The number of nitrogens with two attached hydrogens (primary N) is 1. The van der Waals surface area contributed by atoms with Crippen molar-refractivity contribution in [2.24, 2.45) is 10.7 Å². The summed E-state index contributed by atoms with van der Waals surface area (Å²) in [5.41, 5.74) is 5.57. The van der Waals surface area contributed by atoms with Crippen molar-refractivity contribution >= 4 is 39.1 Å². The molecule has 2 heterocycles. The Kier molecular flexibility index (Phi) is 2.09. The predicted molar refractivity (Wildman–Crippen MR) is 54.9 cm³/mol. The summed E-state index contributed by atoms with van der Waals surface area (Å²) in [7, 11) is 0. The SMILES string of the molecule is NC1=NC(=O)NC1c1cc(Br)cs1. The molecule has 6 heteroatoms. The molecule has 1 aliphatic rings. The molecule has 2 amide bonds. The Morgan fingerprint density at radius 3 is 2.92 bits per heavy atom. The van der Waals surface area contributed by atoms with E-state index in [9.17, 15) is 4.79 Å². The molecule has 1 aromatic rings. The fraction of sp³-hybridized carbons (Fsp3) is 0.143. The maximum atomic E-state index is 10.9. The molecule has 0 radical (unpaired) electrons. The molecule has 68 valence electrons. The highest BCUT2D eigenvalue weighted by molar-refractivity contribution is 9.10. The van der Waals surface area contributed by atoms with Gasteiger partial charge in [-0.3, -0.25) is 0 Å². The Hall–Kier alpha value is -0.880. The van der Waals surface area contributed by atoms with Gasteiger partial charge in [0.05, 0.1) is 0 Å². The maximum absolute atomic E-state index is 10.9. The van der Waals surface area contributed by atoms with Crippen molar-refractivity contribution < 1.29 is 4.79 Å². The van der Waals surface area contributed by atoms with E-state index in [4.69, 9.17) is 5.73 Å². The van der Waals surface area contributed by atoms with Crippen LogP contribution >= 0.6 is 27.3 Å². The summed E-state index contributed by atoms with van der Waals surface area (Å²) in [6.07, 6.45) is 0. The quantitative estimate of drug-likeness (QED) is 0.805. The van der Waals surface area contributed by atoms with E-state index >= 15 is 0 Å². The van der Waals surface area contributed by atoms with Crippen LogP contribution in [0.15, 0.2) is 20.9 Å². The molecule has 0 aliphatic carbocycles. The van der Waals surface area contributed by atoms with Crippen LogP contribution in [0.5, 0.6) is 0 Å². The van der Waals surface area contributed by atoms with Crippen LogP contribution in [0.2, 0.25) is 0 Å². The van der Waals surface area contributed by atoms with Crippen LogP contribution in [-0.4, -0.2) is 11.9 Å². The number of nitrogens with one attached hydrogen (secondary N) is 1. The maximum Gasteiger partial charge on any atom is 0.343 e. The molecule has 0 fully saturated rings. The summed E-state index contributed by atoms with van der Waals surface area (Å²) in [5.74, 6) is 0.333. The lowest BCUT2D eigenvalue weighted by molar-refractivity contribution is 0.250. The molecule has 1 aromatic heterocycles. The number of rotatable bonds is 1. The Labute approximate surface area is 87.0 Å². The number of halogens is 1. The van der Waals surface area contributed by atoms with Crippen molar-refractivity contribution in [1.29, 1.82) is 0 Å². The van der Waals surface area contributed by atoms with E-state index in [1.165, 1.54) is 11.3 Å². The Morgan fingerprint density at radius 1 is 1.69 bits per heavy atom. The molecule has 0 bridgehead atoms. The number of nitrogens with zero attached hydrogens (tertiary/aromatic N) is 1. The van der Waals surface area contributed by atoms with Gasteiger partial charge in [0.1, 0.15) is 11.9 Å². The molecule has 0 spiro atoms. The van der Waals surface area contributed by atoms with E-state index in [2.05, 4.69) is 26.2 Å². The first kappa shape index (κ1) is 8.71. The van der Waals surface area contributed by atoms with Gasteiger partial charge >= 0.3 is 6.03 Å². The number of aliphatic imine (C=N–C) groups is 1. The molecule has 0 saturated carbocycles. The average Bonchev–Trinajstić information content (AvgIpc) is 2.58. The topological polar surface area (TPSA) is 67.5 Å². The standard InChI is InChI=1S/C7H6BrN3OS/c8-3-1-4(13-2-3)5-6(9)11-7(12)10-5/h1-2,5H,(H3,9,10,11,12). The molecular weight excluding hydrogens is 254 g/mol. The average molecular weight is 260 g/mol. The summed E-state index contributed by atoms with van der Waals surface area (Å²) in [6, 6.07) is 1.30. The smallest absolute Gasteiger partial charge is 0.343 e. The van der Waals surface area contributed by atoms with Gasteiger partial charge < -0.3 is 11.1 Å². The summed E-state index contributed by atoms with van der Waals surface area (Å²) >= 11 is 4.86. The Morgan fingerprint density at radius 2 is 2.46 bits per heavy atom. The molecule has 2 rings (SSSR count). The third-order valence-corrected chi connectivity index (χ3v) is 3.42. The number of thiophene rings is 1. The van der Waals surface area contributed by atoms with Crippen LogP contribution in [0.4, 0.5) is 4.79 Å². The molecule has 0 saturated heterocycles. The number of amides is 2. The van der Waals surface area contributed by atoms with Crippen molar-refractivity contribution in [3.63, 3.8) is 0 Å². The minimum Gasteiger partial charge on any atom is -0.385 e. The van der Waals surface area contributed by atoms with Crippen LogP contribution < -0.4 is 11.1 Å². The van der Waals surface area contributed by atoms with E-state index in [0.717, 1.165) is 9.35 Å². The van der Waals surface area contributed by atoms with Gasteiger partial charge in [0.15, 0.2) is 0 Å². The summed E-state index contributed by atoms with van der Waals surface area (Å²) in [6.45, 7) is 0. The van der Waals surface area contributed by atoms with E-state index in [1.807, 2.05) is 11.4 Å². The zero-order chi connectivity index (χ0) is 9.42. The second kappa shape index (κ2) is 3.12. The van der Waals surface area contributed by atoms with Crippen molar-refractivity contribution in [1.82, 2.24) is 5.32 Å². The lowest BCUT2D eigenvalue weighted by Crippen LogP contribution is -2.26. The number of urea groups is 1. The molecule has 13 heavy (non-hydrogen) atoms. The van der Waals surface area contributed by atoms with Crippen LogP contribution in [0.1, 0.15) is 10.9 Å². The molecule has 0 aromatic carbocycles. The summed E-state index contributed by atoms with van der Waals surface area (Å²) in [4.78, 5) is 15.4. The highest BCUT2D eigenvalue weighted by atomic mass is 79.9. The third kappa shape index (κ3) is 1.59. The van der Waals surface area contributed by atoms with Gasteiger partial charge in [-0.25, -0.2) is 4.79 Å². The molecule has 1 atom stereocenters. The van der Waals surface area contributed by atoms with Crippen molar-refractivity contribution in [3.8, 4) is 0 Å². The van der Waals surface area contributed by atoms with Gasteiger partial charge in [0.2, 0.25) is 0 Å². The highest BCUT2D eigenvalue weighted by Crippen LogP contribution is 2.27. The monoisotopic (exact) mass is 259 g/mol. The Balaban J connectivity index is 2.29. The number of carbonyl (C=O) groups excluding carboxylic acids is 1. The summed E-state index contributed by atoms with van der Waals surface area (Å²) in [5, 5.41) is 4.59. The summed E-state index contributed by atoms with van der Waals surface area (Å²) < 4.78 is 0.987. The van der Waals surface area contributed by atoms with Gasteiger partial charge in [0, 0.05) is 14.7 Å². The third-order valence-electron chi connectivity index (χ3n) is 1.67. The molecule has 3 N–H and O–H groups in total. The lowest BCUT2D eigenvalue weighted by atomic mass is 10.2. The zero-order valence-corrected chi connectivity index (χ0v) is 8.85. The van der Waals surface area contributed by atoms with E-state index in [-0.39, 0.29) is 12.1 Å². The second-order valence-electron chi connectivity index (χ2n) is 2.59. The largest absolute Gasteiger partial charge is 0.385 e. The number of hydrogen-bond donors (Lipinski definition) is 2. The highest BCUT2D eigenvalue weighted by Gasteiger charge is 2.25. The first-order valence-electron chi connectivity index (χ1n) is 3.55. The van der Waals surface area contributed by atoms with E-state index < -0.39 is 0 Å². The van der Waals surface area contributed by atoms with Crippen molar-refractivity contribution in [2.75, 3.05) is 0 Å². The minimum absolute atomic E-state index is 0.246. The van der Waals surface area contributed by atoms with E-state index in [0.29, 0.717) is 5.84 Å². The van der Waals surface area contributed by atoms with Gasteiger partial charge in [0.25, 0.3) is 0 Å².